The smallest absolute Gasteiger partial charge is 0.374 e. The van der Waals surface area contributed by atoms with Crippen molar-refractivity contribution >= 4 is 29.4 Å². The Morgan fingerprint density at radius 3 is 0.821 bits per heavy atom. The van der Waals surface area contributed by atoms with E-state index in [2.05, 4.69) is 11.8 Å². The summed E-state index contributed by atoms with van der Waals surface area (Å²) in [4.78, 5) is 0. The SMILES string of the molecule is CCO[Si](CCCCCCCCCSCCCCCCCCC[Si](OCC)(OCC)OCC)(OCC)OCC. The van der Waals surface area contributed by atoms with E-state index >= 15 is 0 Å². The number of thioether (sulfide) groups is 1. The molecule has 236 valence electrons. The van der Waals surface area contributed by atoms with Gasteiger partial charge in [-0.1, -0.05) is 64.2 Å². The number of hydrogen-bond donors (Lipinski definition) is 0. The van der Waals surface area contributed by atoms with Crippen molar-refractivity contribution in [2.45, 2.75) is 144 Å². The molecule has 0 heterocycles. The summed E-state index contributed by atoms with van der Waals surface area (Å²) >= 11 is 2.16. The molecule has 0 aliphatic carbocycles. The van der Waals surface area contributed by atoms with Crippen LogP contribution in [0.3, 0.4) is 0 Å². The lowest BCUT2D eigenvalue weighted by Crippen LogP contribution is -2.45. The number of hydrogen-bond acceptors (Lipinski definition) is 7. The maximum Gasteiger partial charge on any atom is 0.500 e. The van der Waals surface area contributed by atoms with E-state index in [1.807, 2.05) is 41.5 Å². The fourth-order valence-electron chi connectivity index (χ4n) is 4.96. The fraction of sp³-hybridized carbons (Fsp3) is 1.00. The monoisotopic (exact) mass is 610 g/mol. The Labute approximate surface area is 250 Å². The fourth-order valence-corrected chi connectivity index (χ4v) is 11.4. The van der Waals surface area contributed by atoms with Crippen LogP contribution in [0.5, 0.6) is 0 Å². The van der Waals surface area contributed by atoms with Crippen molar-refractivity contribution < 1.29 is 26.6 Å². The topological polar surface area (TPSA) is 55.4 Å². The van der Waals surface area contributed by atoms with Gasteiger partial charge in [0, 0.05) is 51.7 Å². The van der Waals surface area contributed by atoms with Crippen molar-refractivity contribution in [2.75, 3.05) is 51.1 Å². The Kier molecular flexibility index (Phi) is 29.1. The van der Waals surface area contributed by atoms with Crippen LogP contribution < -0.4 is 0 Å². The largest absolute Gasteiger partial charge is 0.500 e. The quantitative estimate of drug-likeness (QED) is 0.0556. The first-order valence-electron chi connectivity index (χ1n) is 16.5. The van der Waals surface area contributed by atoms with Gasteiger partial charge >= 0.3 is 17.6 Å². The summed E-state index contributed by atoms with van der Waals surface area (Å²) in [5, 5.41) is 0. The van der Waals surface area contributed by atoms with Crippen LogP contribution in [0.2, 0.25) is 12.1 Å². The summed E-state index contributed by atoms with van der Waals surface area (Å²) in [5.74, 6) is 2.66. The summed E-state index contributed by atoms with van der Waals surface area (Å²) in [6.45, 7) is 16.2. The average Bonchev–Trinajstić information content (AvgIpc) is 2.91. The molecule has 9 heteroatoms. The molecular formula is C30H66O6SSi2. The van der Waals surface area contributed by atoms with Gasteiger partial charge in [0.2, 0.25) is 0 Å². The Balaban J connectivity index is 3.57. The third-order valence-electron chi connectivity index (χ3n) is 6.73. The van der Waals surface area contributed by atoms with E-state index in [-0.39, 0.29) is 0 Å². The van der Waals surface area contributed by atoms with Crippen molar-refractivity contribution in [2.24, 2.45) is 0 Å². The standard InChI is InChI=1S/C30H66O6SSi2/c1-7-31-38(32-8-2,33-9-3)29-25-21-17-13-15-19-23-27-37-28-24-20-16-14-18-22-26-30-39(34-10-4,35-11-5)36-12-6/h7-30H2,1-6H3. The summed E-state index contributed by atoms with van der Waals surface area (Å²) < 4.78 is 35.7. The van der Waals surface area contributed by atoms with Gasteiger partial charge in [0.05, 0.1) is 0 Å². The third-order valence-corrected chi connectivity index (χ3v) is 14.2. The van der Waals surface area contributed by atoms with Gasteiger partial charge in [-0.15, -0.1) is 0 Å². The first kappa shape index (κ1) is 39.5. The van der Waals surface area contributed by atoms with E-state index in [4.69, 9.17) is 26.6 Å². The normalized spacial score (nSPS) is 12.5. The molecule has 0 atom stereocenters. The van der Waals surface area contributed by atoms with Gasteiger partial charge in [-0.3, -0.25) is 0 Å². The van der Waals surface area contributed by atoms with E-state index < -0.39 is 17.6 Å². The molecule has 0 saturated carbocycles. The first-order chi connectivity index (χ1) is 19.1. The molecule has 0 aromatic heterocycles. The zero-order valence-electron chi connectivity index (χ0n) is 26.8. The van der Waals surface area contributed by atoms with Crippen molar-refractivity contribution in [3.05, 3.63) is 0 Å². The van der Waals surface area contributed by atoms with Crippen molar-refractivity contribution in [3.8, 4) is 0 Å². The average molecular weight is 611 g/mol. The summed E-state index contributed by atoms with van der Waals surface area (Å²) in [6.07, 6.45) is 18.4. The molecule has 0 aliphatic rings. The van der Waals surface area contributed by atoms with Crippen molar-refractivity contribution in [1.29, 1.82) is 0 Å². The minimum atomic E-state index is -2.43. The van der Waals surface area contributed by atoms with Crippen LogP contribution in [-0.4, -0.2) is 68.8 Å². The molecule has 0 aromatic carbocycles. The highest BCUT2D eigenvalue weighted by atomic mass is 32.2. The highest BCUT2D eigenvalue weighted by molar-refractivity contribution is 7.99. The second-order valence-electron chi connectivity index (χ2n) is 10.0. The Morgan fingerprint density at radius 2 is 0.564 bits per heavy atom. The minimum Gasteiger partial charge on any atom is -0.374 e. The molecule has 39 heavy (non-hydrogen) atoms. The van der Waals surface area contributed by atoms with E-state index in [1.54, 1.807) is 0 Å². The molecule has 0 aliphatic heterocycles. The summed E-state index contributed by atoms with van der Waals surface area (Å²) in [5.41, 5.74) is 0. The van der Waals surface area contributed by atoms with Gasteiger partial charge in [-0.25, -0.2) is 0 Å². The van der Waals surface area contributed by atoms with Crippen LogP contribution in [0.25, 0.3) is 0 Å². The van der Waals surface area contributed by atoms with Crippen LogP contribution in [0, 0.1) is 0 Å². The molecule has 0 aromatic rings. The summed E-state index contributed by atoms with van der Waals surface area (Å²) in [7, 11) is -4.87. The van der Waals surface area contributed by atoms with E-state index in [1.165, 1.54) is 88.6 Å². The van der Waals surface area contributed by atoms with Crippen molar-refractivity contribution in [3.63, 3.8) is 0 Å². The Morgan fingerprint density at radius 1 is 0.333 bits per heavy atom. The van der Waals surface area contributed by atoms with Crippen LogP contribution in [0.4, 0.5) is 0 Å². The first-order valence-corrected chi connectivity index (χ1v) is 21.5. The molecule has 0 spiro atoms. The van der Waals surface area contributed by atoms with Gasteiger partial charge in [-0.05, 0) is 78.7 Å². The van der Waals surface area contributed by atoms with E-state index in [0.717, 1.165) is 24.9 Å². The van der Waals surface area contributed by atoms with Crippen LogP contribution in [0.1, 0.15) is 131 Å². The molecule has 0 amide bonds. The molecule has 0 bridgehead atoms. The second-order valence-corrected chi connectivity index (χ2v) is 16.7. The maximum absolute atomic E-state index is 5.96. The van der Waals surface area contributed by atoms with E-state index in [9.17, 15) is 0 Å². The van der Waals surface area contributed by atoms with Crippen molar-refractivity contribution in [1.82, 2.24) is 0 Å². The third kappa shape index (κ3) is 21.8. The highest BCUT2D eigenvalue weighted by Crippen LogP contribution is 2.22. The van der Waals surface area contributed by atoms with Crippen LogP contribution in [0.15, 0.2) is 0 Å². The highest BCUT2D eigenvalue weighted by Gasteiger charge is 2.40. The van der Waals surface area contributed by atoms with Crippen LogP contribution in [-0.2, 0) is 26.6 Å². The molecule has 0 rings (SSSR count). The van der Waals surface area contributed by atoms with Gasteiger partial charge in [-0.2, -0.15) is 11.8 Å². The maximum atomic E-state index is 5.96. The summed E-state index contributed by atoms with van der Waals surface area (Å²) in [6, 6.07) is 1.91. The molecule has 0 saturated heterocycles. The minimum absolute atomic E-state index is 0.674. The number of unbranched alkanes of at least 4 members (excludes halogenated alkanes) is 12. The van der Waals surface area contributed by atoms with Gasteiger partial charge < -0.3 is 26.6 Å². The lowest BCUT2D eigenvalue weighted by atomic mass is 10.1. The van der Waals surface area contributed by atoms with Gasteiger partial charge in [0.25, 0.3) is 0 Å². The predicted octanol–water partition coefficient (Wildman–Crippen LogP) is 9.28. The van der Waals surface area contributed by atoms with Gasteiger partial charge in [0.1, 0.15) is 0 Å². The molecule has 0 N–H and O–H groups in total. The van der Waals surface area contributed by atoms with E-state index in [0.29, 0.717) is 39.6 Å². The molecule has 6 nitrogen and oxygen atoms in total. The Bertz CT molecular complexity index is 428. The zero-order valence-corrected chi connectivity index (χ0v) is 29.6. The lowest BCUT2D eigenvalue weighted by molar-refractivity contribution is 0.0698. The molecule has 0 unspecified atom stereocenters. The van der Waals surface area contributed by atoms with Crippen LogP contribution >= 0.6 is 11.8 Å². The molecule has 0 fully saturated rings. The lowest BCUT2D eigenvalue weighted by Gasteiger charge is -2.28. The number of rotatable bonds is 32. The second kappa shape index (κ2) is 28.7. The predicted molar refractivity (Wildman–Crippen MR) is 173 cm³/mol. The zero-order chi connectivity index (χ0) is 28.9. The Hall–Kier alpha value is 0.544. The molecule has 0 radical (unpaired) electrons. The molecular weight excluding hydrogens is 545 g/mol. The van der Waals surface area contributed by atoms with Gasteiger partial charge in [0.15, 0.2) is 0 Å².